The van der Waals surface area contributed by atoms with Gasteiger partial charge in [0.05, 0.1) is 12.8 Å². The van der Waals surface area contributed by atoms with E-state index in [1.54, 1.807) is 0 Å². The summed E-state index contributed by atoms with van der Waals surface area (Å²) >= 11 is 0. The van der Waals surface area contributed by atoms with Crippen molar-refractivity contribution in [3.8, 4) is 0 Å². The summed E-state index contributed by atoms with van der Waals surface area (Å²) in [4.78, 5) is 37.1. The van der Waals surface area contributed by atoms with Crippen LogP contribution in [0.15, 0.2) is 0 Å². The third-order valence-corrected chi connectivity index (χ3v) is 2.60. The Labute approximate surface area is 116 Å². The molecule has 0 aliphatic carbocycles. The summed E-state index contributed by atoms with van der Waals surface area (Å²) in [7, 11) is 0. The van der Waals surface area contributed by atoms with Crippen LogP contribution in [0.4, 0.5) is 0 Å². The van der Waals surface area contributed by atoms with Crippen LogP contribution in [0.25, 0.3) is 0 Å². The van der Waals surface area contributed by atoms with Gasteiger partial charge in [-0.05, 0) is 6.42 Å². The van der Waals surface area contributed by atoms with Gasteiger partial charge >= 0.3 is 17.9 Å². The number of unbranched alkanes of at least 4 members (excludes halogenated alkanes) is 3. The second kappa shape index (κ2) is 9.27. The van der Waals surface area contributed by atoms with E-state index >= 15 is 0 Å². The molecule has 0 saturated heterocycles. The molecule has 8 heteroatoms. The number of carboxylic acid groups (broad SMARTS) is 2. The van der Waals surface area contributed by atoms with Crippen LogP contribution >= 0.6 is 0 Å². The minimum absolute atomic E-state index is 0.413. The van der Waals surface area contributed by atoms with Crippen molar-refractivity contribution in [2.75, 3.05) is 6.54 Å². The number of hydroxylamine groups is 1. The lowest BCUT2D eigenvalue weighted by Gasteiger charge is -2.20. The molecule has 4 N–H and O–H groups in total. The predicted octanol–water partition coefficient (Wildman–Crippen LogP) is 0.295. The maximum atomic E-state index is 11.3. The van der Waals surface area contributed by atoms with Crippen molar-refractivity contribution < 1.29 is 34.5 Å². The van der Waals surface area contributed by atoms with E-state index in [1.807, 2.05) is 0 Å². The first-order valence-corrected chi connectivity index (χ1v) is 6.42. The van der Waals surface area contributed by atoms with Gasteiger partial charge in [-0.15, -0.1) is 0 Å². The van der Waals surface area contributed by atoms with Gasteiger partial charge in [-0.2, -0.15) is 5.48 Å². The molecule has 0 aliphatic rings. The molecule has 0 bridgehead atoms. The van der Waals surface area contributed by atoms with E-state index in [1.165, 1.54) is 0 Å². The molecule has 0 aromatic rings. The summed E-state index contributed by atoms with van der Waals surface area (Å²) in [6, 6.07) is 0. The van der Waals surface area contributed by atoms with Crippen LogP contribution < -0.4 is 5.48 Å². The maximum Gasteiger partial charge on any atom is 0.336 e. The van der Waals surface area contributed by atoms with Gasteiger partial charge in [0.1, 0.15) is 0 Å². The summed E-state index contributed by atoms with van der Waals surface area (Å²) in [5.41, 5.74) is -0.302. The third kappa shape index (κ3) is 7.70. The zero-order valence-electron chi connectivity index (χ0n) is 11.4. The van der Waals surface area contributed by atoms with Gasteiger partial charge in [0.2, 0.25) is 0 Å². The first-order chi connectivity index (χ1) is 9.31. The van der Waals surface area contributed by atoms with Crippen molar-refractivity contribution in [3.05, 3.63) is 0 Å². The first kappa shape index (κ1) is 18.3. The van der Waals surface area contributed by atoms with Crippen molar-refractivity contribution in [3.63, 3.8) is 0 Å². The van der Waals surface area contributed by atoms with Gasteiger partial charge in [-0.1, -0.05) is 26.2 Å². The lowest BCUT2D eigenvalue weighted by atomic mass is 9.96. The average molecular weight is 291 g/mol. The number of hydrogen-bond donors (Lipinski definition) is 4. The average Bonchev–Trinajstić information content (AvgIpc) is 2.32. The van der Waals surface area contributed by atoms with Gasteiger partial charge in [0.25, 0.3) is 0 Å². The van der Waals surface area contributed by atoms with Crippen molar-refractivity contribution in [1.82, 2.24) is 5.48 Å². The molecule has 0 aromatic carbocycles. The van der Waals surface area contributed by atoms with E-state index in [-0.39, 0.29) is 0 Å². The number of carbonyl (C=O) groups is 3. The highest BCUT2D eigenvalue weighted by Crippen LogP contribution is 2.16. The second-order valence-electron chi connectivity index (χ2n) is 4.51. The summed E-state index contributed by atoms with van der Waals surface area (Å²) in [6.45, 7) is 2.47. The molecule has 0 heterocycles. The van der Waals surface area contributed by atoms with Gasteiger partial charge in [0.15, 0.2) is 5.60 Å². The van der Waals surface area contributed by atoms with E-state index in [0.29, 0.717) is 6.54 Å². The molecule has 0 rings (SSSR count). The SMILES string of the molecule is CCCCCCNOC(=O)CC(O)(CC(=O)O)C(=O)O. The third-order valence-electron chi connectivity index (χ3n) is 2.60. The van der Waals surface area contributed by atoms with E-state index < -0.39 is 36.4 Å². The lowest BCUT2D eigenvalue weighted by Crippen LogP contribution is -2.43. The highest BCUT2D eigenvalue weighted by molar-refractivity contribution is 5.88. The minimum atomic E-state index is -2.66. The molecule has 0 amide bonds. The van der Waals surface area contributed by atoms with E-state index in [2.05, 4.69) is 17.2 Å². The fourth-order valence-corrected chi connectivity index (χ4v) is 1.49. The summed E-state index contributed by atoms with van der Waals surface area (Å²) < 4.78 is 0. The molecule has 0 fully saturated rings. The van der Waals surface area contributed by atoms with Crippen molar-refractivity contribution in [1.29, 1.82) is 0 Å². The van der Waals surface area contributed by atoms with Crippen molar-refractivity contribution in [2.45, 2.75) is 51.0 Å². The molecular formula is C12H21NO7. The number of carboxylic acids is 2. The molecule has 20 heavy (non-hydrogen) atoms. The van der Waals surface area contributed by atoms with Crippen LogP contribution in [-0.2, 0) is 19.2 Å². The lowest BCUT2D eigenvalue weighted by molar-refractivity contribution is -0.174. The fraction of sp³-hybridized carbons (Fsp3) is 0.750. The van der Waals surface area contributed by atoms with Gasteiger partial charge < -0.3 is 20.2 Å². The largest absolute Gasteiger partial charge is 0.481 e. The van der Waals surface area contributed by atoms with Crippen LogP contribution in [-0.4, -0.2) is 45.4 Å². The molecule has 1 atom stereocenters. The zero-order chi connectivity index (χ0) is 15.6. The Hall–Kier alpha value is -1.67. The molecule has 0 spiro atoms. The molecule has 1 unspecified atom stereocenters. The topological polar surface area (TPSA) is 133 Å². The molecule has 0 aliphatic heterocycles. The molecule has 8 nitrogen and oxygen atoms in total. The number of hydrogen-bond acceptors (Lipinski definition) is 6. The predicted molar refractivity (Wildman–Crippen MR) is 67.7 cm³/mol. The Balaban J connectivity index is 4.08. The van der Waals surface area contributed by atoms with Gasteiger partial charge in [0, 0.05) is 6.54 Å². The molecule has 0 radical (unpaired) electrons. The Bertz CT molecular complexity index is 345. The molecular weight excluding hydrogens is 270 g/mol. The second-order valence-corrected chi connectivity index (χ2v) is 4.51. The number of aliphatic carboxylic acids is 2. The Morgan fingerprint density at radius 1 is 1.10 bits per heavy atom. The Morgan fingerprint density at radius 3 is 2.25 bits per heavy atom. The standard InChI is InChI=1S/C12H21NO7/c1-2-3-4-5-6-13-20-10(16)8-12(19,11(17)18)7-9(14)15/h13,19H,2-8H2,1H3,(H,14,15)(H,17,18). The fourth-order valence-electron chi connectivity index (χ4n) is 1.49. The number of aliphatic hydroxyl groups is 1. The molecule has 116 valence electrons. The summed E-state index contributed by atoms with van der Waals surface area (Å²) in [5.74, 6) is -4.32. The molecule has 0 aromatic heterocycles. The quantitative estimate of drug-likeness (QED) is 0.315. The van der Waals surface area contributed by atoms with Crippen LogP contribution in [0.3, 0.4) is 0 Å². The highest BCUT2D eigenvalue weighted by Gasteiger charge is 2.41. The van der Waals surface area contributed by atoms with Crippen LogP contribution in [0.1, 0.15) is 45.4 Å². The summed E-state index contributed by atoms with van der Waals surface area (Å²) in [5, 5.41) is 26.9. The molecule has 0 saturated carbocycles. The zero-order valence-corrected chi connectivity index (χ0v) is 11.4. The number of rotatable bonds is 11. The number of nitrogens with one attached hydrogen (secondary N) is 1. The highest BCUT2D eigenvalue weighted by atomic mass is 16.7. The first-order valence-electron chi connectivity index (χ1n) is 6.42. The van der Waals surface area contributed by atoms with Crippen LogP contribution in [0.5, 0.6) is 0 Å². The smallest absolute Gasteiger partial charge is 0.336 e. The van der Waals surface area contributed by atoms with E-state index in [9.17, 15) is 19.5 Å². The van der Waals surface area contributed by atoms with Gasteiger partial charge in [-0.25, -0.2) is 4.79 Å². The van der Waals surface area contributed by atoms with Crippen LogP contribution in [0.2, 0.25) is 0 Å². The van der Waals surface area contributed by atoms with E-state index in [0.717, 1.165) is 25.7 Å². The monoisotopic (exact) mass is 291 g/mol. The summed E-state index contributed by atoms with van der Waals surface area (Å²) in [6.07, 6.45) is 1.89. The Morgan fingerprint density at radius 2 is 1.75 bits per heavy atom. The van der Waals surface area contributed by atoms with Crippen molar-refractivity contribution >= 4 is 17.9 Å². The minimum Gasteiger partial charge on any atom is -0.481 e. The van der Waals surface area contributed by atoms with E-state index in [4.69, 9.17) is 10.2 Å². The van der Waals surface area contributed by atoms with Crippen LogP contribution in [0, 0.1) is 0 Å². The van der Waals surface area contributed by atoms with Gasteiger partial charge in [-0.3, -0.25) is 9.59 Å². The maximum absolute atomic E-state index is 11.3. The Kier molecular flexibility index (Phi) is 8.49. The number of carbonyl (C=O) groups excluding carboxylic acids is 1. The normalized spacial score (nSPS) is 13.5. The van der Waals surface area contributed by atoms with Crippen molar-refractivity contribution in [2.24, 2.45) is 0 Å².